The maximum Gasteiger partial charge on any atom is 0.328 e. The molecule has 0 rings (SSSR count). The summed E-state index contributed by atoms with van der Waals surface area (Å²) in [6.07, 6.45) is 24.9. The molecule has 0 aromatic rings. The van der Waals surface area contributed by atoms with Crippen molar-refractivity contribution in [3.8, 4) is 0 Å². The van der Waals surface area contributed by atoms with Gasteiger partial charge in [0.2, 0.25) is 11.0 Å². The average molecular weight is 779 g/mol. The number of rotatable bonds is 40. The normalized spacial score (nSPS) is 13.7. The first-order valence-electron chi connectivity index (χ1n) is 23.1. The maximum atomic E-state index is 14.8. The molecule has 0 fully saturated rings. The number of hydrogen-bond donors (Lipinski definition) is 2. The molecule has 0 aliphatic rings. The number of ketones is 4. The van der Waals surface area contributed by atoms with Crippen molar-refractivity contribution in [1.82, 2.24) is 0 Å². The van der Waals surface area contributed by atoms with E-state index in [1.165, 1.54) is 0 Å². The number of hydrogen-bond acceptors (Lipinski definition) is 6. The van der Waals surface area contributed by atoms with Crippen LogP contribution in [0.15, 0.2) is 0 Å². The van der Waals surface area contributed by atoms with Gasteiger partial charge in [0.05, 0.1) is 21.1 Å². The molecule has 0 amide bonds. The number of carboxylic acid groups (broad SMARTS) is 1. The van der Waals surface area contributed by atoms with E-state index in [1.807, 2.05) is 0 Å². The minimum atomic E-state index is -3.07. The summed E-state index contributed by atoms with van der Waals surface area (Å²) < 4.78 is -0.279. The van der Waals surface area contributed by atoms with Crippen molar-refractivity contribution in [2.45, 2.75) is 245 Å². The predicted molar refractivity (Wildman–Crippen MR) is 227 cm³/mol. The van der Waals surface area contributed by atoms with Crippen molar-refractivity contribution in [3.05, 3.63) is 0 Å². The molecule has 0 radical (unpaired) electrons. The third-order valence-electron chi connectivity index (χ3n) is 11.7. The highest BCUT2D eigenvalue weighted by atomic mass is 16.4. The second kappa shape index (κ2) is 31.1. The van der Waals surface area contributed by atoms with E-state index in [0.717, 1.165) is 135 Å². The summed E-state index contributed by atoms with van der Waals surface area (Å²) in [6, 6.07) is -1.60. The van der Waals surface area contributed by atoms with E-state index in [-0.39, 0.29) is 30.2 Å². The Morgan fingerprint density at radius 3 is 0.945 bits per heavy atom. The number of nitrogens with zero attached hydrogens (tertiary/aromatic N) is 1. The Balaban J connectivity index is 7.02. The van der Waals surface area contributed by atoms with E-state index in [9.17, 15) is 34.2 Å². The van der Waals surface area contributed by atoms with E-state index in [4.69, 9.17) is 0 Å². The lowest BCUT2D eigenvalue weighted by molar-refractivity contribution is -0.893. The molecular weight excluding hydrogens is 691 g/mol. The number of likely N-dealkylation sites (N-methyl/N-ethyl adjacent to an activating group) is 1. The summed E-state index contributed by atoms with van der Waals surface area (Å²) in [5.41, 5.74) is -6.10. The number of unbranched alkanes of at least 4 members (excludes halogenated alkanes) is 24. The average Bonchev–Trinajstić information content (AvgIpc) is 3.12. The molecular formula is C47H88NO7+. The number of aliphatic carboxylic acids is 1. The Bertz CT molecular complexity index is 1030. The summed E-state index contributed by atoms with van der Waals surface area (Å²) in [4.78, 5) is 72.7. The van der Waals surface area contributed by atoms with Gasteiger partial charge in [-0.2, -0.15) is 0 Å². The highest BCUT2D eigenvalue weighted by Crippen LogP contribution is 2.45. The molecule has 0 aromatic carbocycles. The van der Waals surface area contributed by atoms with Crippen molar-refractivity contribution in [2.75, 3.05) is 21.1 Å². The SMILES string of the molecule is CCCCCCCCCC(=O)C(C(O)(C(=O)CCCCCCCCC)C(C(=O)O)(C(=O)CCCCCCCCC)C(=O)CCCCCCCCC)[N+](C)(C)C. The molecule has 322 valence electrons. The summed E-state index contributed by atoms with van der Waals surface area (Å²) >= 11 is 0. The number of carboxylic acids is 1. The molecule has 2 atom stereocenters. The fourth-order valence-corrected chi connectivity index (χ4v) is 8.46. The van der Waals surface area contributed by atoms with Gasteiger partial charge in [0.15, 0.2) is 29.2 Å². The van der Waals surface area contributed by atoms with E-state index in [0.29, 0.717) is 44.9 Å². The van der Waals surface area contributed by atoms with E-state index in [2.05, 4.69) is 27.7 Å². The number of carbonyl (C=O) groups excluding carboxylic acids is 4. The second-order valence-corrected chi connectivity index (χ2v) is 17.6. The lowest BCUT2D eigenvalue weighted by Crippen LogP contribution is -2.77. The van der Waals surface area contributed by atoms with Gasteiger partial charge in [-0.05, 0) is 25.7 Å². The molecule has 0 saturated heterocycles. The van der Waals surface area contributed by atoms with Crippen LogP contribution in [-0.2, 0) is 24.0 Å². The Hall–Kier alpha value is -1.93. The third-order valence-corrected chi connectivity index (χ3v) is 11.7. The van der Waals surface area contributed by atoms with Crippen LogP contribution < -0.4 is 0 Å². The lowest BCUT2D eigenvalue weighted by Gasteiger charge is -2.49. The van der Waals surface area contributed by atoms with Crippen molar-refractivity contribution < 1.29 is 38.7 Å². The van der Waals surface area contributed by atoms with Crippen molar-refractivity contribution in [1.29, 1.82) is 0 Å². The van der Waals surface area contributed by atoms with Gasteiger partial charge in [-0.25, -0.2) is 0 Å². The van der Waals surface area contributed by atoms with E-state index < -0.39 is 46.2 Å². The molecule has 2 N–H and O–H groups in total. The van der Waals surface area contributed by atoms with Gasteiger partial charge >= 0.3 is 5.97 Å². The largest absolute Gasteiger partial charge is 0.480 e. The topological polar surface area (TPSA) is 126 Å². The zero-order chi connectivity index (χ0) is 41.6. The van der Waals surface area contributed by atoms with E-state index in [1.54, 1.807) is 21.1 Å². The van der Waals surface area contributed by atoms with Gasteiger partial charge in [0, 0.05) is 25.7 Å². The molecule has 2 unspecified atom stereocenters. The van der Waals surface area contributed by atoms with E-state index >= 15 is 0 Å². The standard InChI is InChI=1S/C47H87NO7/c1-8-12-16-20-24-28-32-36-40(49)44(48(5,6)7)47(55,43(52)39-35-31-27-23-19-15-11-4)46(45(53)54,41(50)37-33-29-25-21-17-13-9-2)42(51)38-34-30-26-22-18-14-10-3/h44,55H,8-39H2,1-7H3/p+1. The predicted octanol–water partition coefficient (Wildman–Crippen LogP) is 11.7. The number of Topliss-reactive ketones (excluding diaryl/α,β-unsaturated/α-hetero) is 4. The maximum absolute atomic E-state index is 14.8. The summed E-state index contributed by atoms with van der Waals surface area (Å²) in [7, 11) is 4.98. The molecule has 0 bridgehead atoms. The zero-order valence-electron chi connectivity index (χ0n) is 37.1. The van der Waals surface area contributed by atoms with Crippen LogP contribution in [0.3, 0.4) is 0 Å². The molecule has 0 aromatic heterocycles. The molecule has 0 saturated carbocycles. The van der Waals surface area contributed by atoms with Gasteiger partial charge in [-0.3, -0.25) is 24.0 Å². The monoisotopic (exact) mass is 779 g/mol. The fraction of sp³-hybridized carbons (Fsp3) is 0.894. The summed E-state index contributed by atoms with van der Waals surface area (Å²) in [5, 5.41) is 24.5. The second-order valence-electron chi connectivity index (χ2n) is 17.6. The lowest BCUT2D eigenvalue weighted by atomic mass is 9.57. The molecule has 0 spiro atoms. The van der Waals surface area contributed by atoms with Crippen LogP contribution in [0.4, 0.5) is 0 Å². The zero-order valence-corrected chi connectivity index (χ0v) is 37.1. The Morgan fingerprint density at radius 1 is 0.418 bits per heavy atom. The van der Waals surface area contributed by atoms with Crippen LogP contribution >= 0.6 is 0 Å². The quantitative estimate of drug-likeness (QED) is 0.0360. The smallest absolute Gasteiger partial charge is 0.328 e. The van der Waals surface area contributed by atoms with Gasteiger partial charge in [-0.1, -0.05) is 182 Å². The first-order valence-corrected chi connectivity index (χ1v) is 23.1. The Labute approximate surface area is 338 Å². The van der Waals surface area contributed by atoms with Crippen molar-refractivity contribution in [2.24, 2.45) is 5.41 Å². The number of quaternary nitrogens is 1. The highest BCUT2D eigenvalue weighted by molar-refractivity contribution is 6.27. The fourth-order valence-electron chi connectivity index (χ4n) is 8.46. The summed E-state index contributed by atoms with van der Waals surface area (Å²) in [6.45, 7) is 8.60. The van der Waals surface area contributed by atoms with Crippen LogP contribution in [0.2, 0.25) is 0 Å². The first kappa shape index (κ1) is 53.1. The minimum absolute atomic E-state index is 0.0363. The van der Waals surface area contributed by atoms with Gasteiger partial charge < -0.3 is 14.7 Å². The Kier molecular flexibility index (Phi) is 30.0. The third kappa shape index (κ3) is 18.9. The number of aliphatic hydroxyl groups is 1. The Morgan fingerprint density at radius 2 is 0.673 bits per heavy atom. The van der Waals surface area contributed by atoms with Crippen LogP contribution in [0.5, 0.6) is 0 Å². The van der Waals surface area contributed by atoms with Crippen LogP contribution in [0.25, 0.3) is 0 Å². The summed E-state index contributed by atoms with van der Waals surface area (Å²) in [5.74, 6) is -4.99. The van der Waals surface area contributed by atoms with Crippen LogP contribution in [-0.4, -0.2) is 76.6 Å². The van der Waals surface area contributed by atoms with Crippen LogP contribution in [0, 0.1) is 5.41 Å². The van der Waals surface area contributed by atoms with Crippen molar-refractivity contribution in [3.63, 3.8) is 0 Å². The van der Waals surface area contributed by atoms with Crippen LogP contribution in [0.1, 0.15) is 233 Å². The molecule has 0 aliphatic carbocycles. The molecule has 0 aliphatic heterocycles. The van der Waals surface area contributed by atoms with Crippen molar-refractivity contribution >= 4 is 29.1 Å². The molecule has 0 heterocycles. The molecule has 8 heteroatoms. The number of carbonyl (C=O) groups is 5. The van der Waals surface area contributed by atoms with Gasteiger partial charge in [-0.15, -0.1) is 0 Å². The first-order chi connectivity index (χ1) is 26.2. The van der Waals surface area contributed by atoms with Gasteiger partial charge in [0.25, 0.3) is 0 Å². The molecule has 55 heavy (non-hydrogen) atoms. The van der Waals surface area contributed by atoms with Gasteiger partial charge in [0.1, 0.15) is 0 Å². The minimum Gasteiger partial charge on any atom is -0.480 e. The highest BCUT2D eigenvalue weighted by Gasteiger charge is 2.75. The molecule has 8 nitrogen and oxygen atoms in total.